The molecule has 0 atom stereocenters. The average Bonchev–Trinajstić information content (AvgIpc) is 3.81. The molecule has 3 aromatic rings. The normalized spacial score (nSPS) is 15.4. The fraction of sp³-hybridized carbons (Fsp3) is 0.364. The lowest BCUT2D eigenvalue weighted by molar-refractivity contribution is -0.128. The summed E-state index contributed by atoms with van der Waals surface area (Å²) in [6.45, 7) is 6.75. The monoisotopic (exact) mass is 607 g/mol. The summed E-state index contributed by atoms with van der Waals surface area (Å²) in [5, 5.41) is 0.900. The number of rotatable bonds is 8. The molecule has 0 unspecified atom stereocenters. The Morgan fingerprint density at radius 2 is 1.83 bits per heavy atom. The maximum absolute atomic E-state index is 14.4. The second-order valence-electron chi connectivity index (χ2n) is 11.6. The second kappa shape index (κ2) is 12.8. The Balaban J connectivity index is 1.47. The van der Waals surface area contributed by atoms with E-state index in [2.05, 4.69) is 4.98 Å². The van der Waals surface area contributed by atoms with Gasteiger partial charge in [0.1, 0.15) is 18.0 Å². The molecule has 0 N–H and O–H groups in total. The van der Waals surface area contributed by atoms with Crippen LogP contribution in [0.25, 0.3) is 5.57 Å². The zero-order valence-electron chi connectivity index (χ0n) is 24.1. The standard InChI is InChI=1S/C33H35Cl2N3O4/c1-33(2,3)42-32(40)37-17-15-27(22-8-6-11-26(18-22)41-21-24-10-4-5-16-36-24)28(20-37)31(39)38(25-13-14-25)19-23-9-7-12-29(34)30(23)35/h4-12,16,18,25H,13-15,17,19-21H2,1-3H3. The number of carbonyl (C=O) groups excluding carboxylic acids is 2. The summed E-state index contributed by atoms with van der Waals surface area (Å²) in [6.07, 6.45) is 3.63. The van der Waals surface area contributed by atoms with Crippen LogP contribution in [0.2, 0.25) is 10.0 Å². The van der Waals surface area contributed by atoms with Gasteiger partial charge >= 0.3 is 6.09 Å². The topological polar surface area (TPSA) is 72.0 Å². The van der Waals surface area contributed by atoms with Crippen molar-refractivity contribution in [3.63, 3.8) is 0 Å². The Kier molecular flexibility index (Phi) is 9.09. The number of amides is 2. The van der Waals surface area contributed by atoms with Crippen molar-refractivity contribution in [2.24, 2.45) is 0 Å². The van der Waals surface area contributed by atoms with Crippen LogP contribution in [0.3, 0.4) is 0 Å². The summed E-state index contributed by atoms with van der Waals surface area (Å²) >= 11 is 12.8. The zero-order valence-corrected chi connectivity index (χ0v) is 25.6. The van der Waals surface area contributed by atoms with Gasteiger partial charge in [-0.05, 0) is 87.1 Å². The lowest BCUT2D eigenvalue weighted by Gasteiger charge is -2.34. The van der Waals surface area contributed by atoms with Gasteiger partial charge in [0.15, 0.2) is 0 Å². The second-order valence-corrected chi connectivity index (χ2v) is 12.4. The van der Waals surface area contributed by atoms with Crippen molar-refractivity contribution >= 4 is 40.8 Å². The number of halogens is 2. The molecule has 2 amide bonds. The van der Waals surface area contributed by atoms with Gasteiger partial charge in [0, 0.05) is 30.9 Å². The highest BCUT2D eigenvalue weighted by molar-refractivity contribution is 6.42. The molecule has 1 fully saturated rings. The molecule has 220 valence electrons. The number of aromatic nitrogens is 1. The summed E-state index contributed by atoms with van der Waals surface area (Å²) in [6, 6.07) is 19.0. The van der Waals surface area contributed by atoms with Gasteiger partial charge in [-0.25, -0.2) is 4.79 Å². The summed E-state index contributed by atoms with van der Waals surface area (Å²) < 4.78 is 11.7. The van der Waals surface area contributed by atoms with E-state index in [-0.39, 0.29) is 18.5 Å². The smallest absolute Gasteiger partial charge is 0.410 e. The first kappa shape index (κ1) is 29.9. The van der Waals surface area contributed by atoms with Crippen LogP contribution in [0.15, 0.2) is 72.4 Å². The molecular weight excluding hydrogens is 573 g/mol. The lowest BCUT2D eigenvalue weighted by atomic mass is 9.92. The molecule has 1 saturated carbocycles. The quantitative estimate of drug-likeness (QED) is 0.264. The van der Waals surface area contributed by atoms with Crippen LogP contribution < -0.4 is 4.74 Å². The van der Waals surface area contributed by atoms with Crippen LogP contribution in [-0.2, 0) is 22.7 Å². The van der Waals surface area contributed by atoms with Crippen LogP contribution in [0, 0.1) is 0 Å². The first-order valence-corrected chi connectivity index (χ1v) is 14.9. The summed E-state index contributed by atoms with van der Waals surface area (Å²) in [7, 11) is 0. The van der Waals surface area contributed by atoms with Gasteiger partial charge in [-0.3, -0.25) is 9.78 Å². The van der Waals surface area contributed by atoms with Gasteiger partial charge < -0.3 is 19.3 Å². The van der Waals surface area contributed by atoms with Crippen LogP contribution in [0.4, 0.5) is 4.79 Å². The van der Waals surface area contributed by atoms with Crippen LogP contribution in [0.1, 0.15) is 56.9 Å². The van der Waals surface area contributed by atoms with Crippen molar-refractivity contribution in [2.45, 2.75) is 64.8 Å². The fourth-order valence-electron chi connectivity index (χ4n) is 4.96. The highest BCUT2D eigenvalue weighted by Crippen LogP contribution is 2.37. The Hall–Kier alpha value is -3.55. The van der Waals surface area contributed by atoms with Crippen molar-refractivity contribution in [1.82, 2.24) is 14.8 Å². The number of hydrogen-bond acceptors (Lipinski definition) is 5. The van der Waals surface area contributed by atoms with E-state index >= 15 is 0 Å². The molecule has 0 spiro atoms. The molecule has 1 aliphatic carbocycles. The van der Waals surface area contributed by atoms with E-state index in [1.54, 1.807) is 17.2 Å². The largest absolute Gasteiger partial charge is 0.487 e. The van der Waals surface area contributed by atoms with E-state index in [1.165, 1.54) is 0 Å². The van der Waals surface area contributed by atoms with Gasteiger partial charge in [-0.15, -0.1) is 0 Å². The molecule has 2 aromatic carbocycles. The van der Waals surface area contributed by atoms with Crippen molar-refractivity contribution in [3.05, 3.63) is 99.3 Å². The predicted molar refractivity (Wildman–Crippen MR) is 164 cm³/mol. The van der Waals surface area contributed by atoms with Crippen molar-refractivity contribution in [3.8, 4) is 5.75 Å². The molecule has 1 aliphatic heterocycles. The third-order valence-electron chi connectivity index (χ3n) is 7.17. The molecule has 2 heterocycles. The highest BCUT2D eigenvalue weighted by atomic mass is 35.5. The minimum atomic E-state index is -0.645. The average molecular weight is 609 g/mol. The number of carbonyl (C=O) groups is 2. The van der Waals surface area contributed by atoms with E-state index in [0.29, 0.717) is 47.5 Å². The minimum absolute atomic E-state index is 0.103. The van der Waals surface area contributed by atoms with Gasteiger partial charge in [0.05, 0.1) is 22.3 Å². The van der Waals surface area contributed by atoms with Gasteiger partial charge in [0.2, 0.25) is 0 Å². The van der Waals surface area contributed by atoms with E-state index < -0.39 is 11.7 Å². The zero-order chi connectivity index (χ0) is 29.9. The van der Waals surface area contributed by atoms with Gasteiger partial charge in [0.25, 0.3) is 5.91 Å². The highest BCUT2D eigenvalue weighted by Gasteiger charge is 2.38. The molecular formula is C33H35Cl2N3O4. The van der Waals surface area contributed by atoms with E-state index in [1.807, 2.05) is 80.3 Å². The summed E-state index contributed by atoms with van der Waals surface area (Å²) in [5.41, 5.74) is 3.32. The number of nitrogens with zero attached hydrogens (tertiary/aromatic N) is 3. The van der Waals surface area contributed by atoms with Crippen molar-refractivity contribution in [1.29, 1.82) is 0 Å². The van der Waals surface area contributed by atoms with Crippen molar-refractivity contribution < 1.29 is 19.1 Å². The SMILES string of the molecule is CC(C)(C)OC(=O)N1CCC(c2cccc(OCc3ccccn3)c2)=C(C(=O)N(Cc2cccc(Cl)c2Cl)C2CC2)C1. The number of pyridine rings is 1. The molecule has 42 heavy (non-hydrogen) atoms. The Morgan fingerprint density at radius 3 is 2.55 bits per heavy atom. The van der Waals surface area contributed by atoms with E-state index in [9.17, 15) is 9.59 Å². The number of ether oxygens (including phenoxy) is 2. The lowest BCUT2D eigenvalue weighted by Crippen LogP contribution is -2.44. The summed E-state index contributed by atoms with van der Waals surface area (Å²) in [5.74, 6) is 0.563. The van der Waals surface area contributed by atoms with Crippen LogP contribution >= 0.6 is 23.2 Å². The Morgan fingerprint density at radius 1 is 1.05 bits per heavy atom. The molecule has 2 aliphatic rings. The van der Waals surface area contributed by atoms with Crippen LogP contribution in [-0.4, -0.2) is 51.5 Å². The fourth-order valence-corrected chi connectivity index (χ4v) is 5.34. The third kappa shape index (κ3) is 7.44. The molecule has 9 heteroatoms. The minimum Gasteiger partial charge on any atom is -0.487 e. The molecule has 5 rings (SSSR count). The maximum Gasteiger partial charge on any atom is 0.410 e. The first-order valence-electron chi connectivity index (χ1n) is 14.2. The van der Waals surface area contributed by atoms with Gasteiger partial charge in [-0.2, -0.15) is 0 Å². The Bertz CT molecular complexity index is 1480. The van der Waals surface area contributed by atoms with E-state index in [4.69, 9.17) is 32.7 Å². The van der Waals surface area contributed by atoms with E-state index in [0.717, 1.165) is 35.2 Å². The van der Waals surface area contributed by atoms with Gasteiger partial charge in [-0.1, -0.05) is 53.5 Å². The molecule has 7 nitrogen and oxygen atoms in total. The molecule has 0 radical (unpaired) electrons. The maximum atomic E-state index is 14.4. The Labute approximate surface area is 257 Å². The molecule has 1 aromatic heterocycles. The number of hydrogen-bond donors (Lipinski definition) is 0. The third-order valence-corrected chi connectivity index (χ3v) is 8.03. The molecule has 0 saturated heterocycles. The van der Waals surface area contributed by atoms with Crippen LogP contribution in [0.5, 0.6) is 5.75 Å². The first-order chi connectivity index (χ1) is 20.1. The number of benzene rings is 2. The predicted octanol–water partition coefficient (Wildman–Crippen LogP) is 7.55. The van der Waals surface area contributed by atoms with Crippen molar-refractivity contribution in [2.75, 3.05) is 13.1 Å². The summed E-state index contributed by atoms with van der Waals surface area (Å²) in [4.78, 5) is 35.3. The molecule has 0 bridgehead atoms.